The zero-order valence-electron chi connectivity index (χ0n) is 15.9. The standard InChI is InChI=1S/C19H26FN3O3/c1-6-19(14-7-9-15(20)10-8-14)17(25)22(18(26)21-19)11-16(24)23(12(2)3)13(4)5/h7-10,12-13H,6,11H2,1-5H3,(H,21,26)/t19-/m0/s1. The minimum atomic E-state index is -1.27. The third kappa shape index (κ3) is 3.43. The van der Waals surface area contributed by atoms with Gasteiger partial charge < -0.3 is 10.2 Å². The molecule has 6 nitrogen and oxygen atoms in total. The van der Waals surface area contributed by atoms with Crippen LogP contribution in [0.4, 0.5) is 9.18 Å². The second kappa shape index (κ2) is 7.43. The molecule has 1 aromatic carbocycles. The molecule has 0 aliphatic carbocycles. The van der Waals surface area contributed by atoms with E-state index in [-0.39, 0.29) is 24.5 Å². The maximum atomic E-state index is 13.2. The Bertz CT molecular complexity index is 694. The Labute approximate surface area is 153 Å². The van der Waals surface area contributed by atoms with Crippen molar-refractivity contribution in [2.24, 2.45) is 0 Å². The minimum absolute atomic E-state index is 0.0451. The number of carbonyl (C=O) groups excluding carboxylic acids is 3. The number of benzene rings is 1. The number of nitrogens with one attached hydrogen (secondary N) is 1. The largest absolute Gasteiger partial charge is 0.336 e. The number of hydrogen-bond acceptors (Lipinski definition) is 3. The van der Waals surface area contributed by atoms with Crippen LogP contribution < -0.4 is 5.32 Å². The third-order valence-corrected chi connectivity index (χ3v) is 4.74. The van der Waals surface area contributed by atoms with Gasteiger partial charge >= 0.3 is 6.03 Å². The fraction of sp³-hybridized carbons (Fsp3) is 0.526. The second-order valence-electron chi connectivity index (χ2n) is 7.08. The van der Waals surface area contributed by atoms with Gasteiger partial charge in [0.1, 0.15) is 17.9 Å². The van der Waals surface area contributed by atoms with Crippen LogP contribution in [0.3, 0.4) is 0 Å². The van der Waals surface area contributed by atoms with Crippen LogP contribution in [0.5, 0.6) is 0 Å². The first kappa shape index (κ1) is 19.9. The van der Waals surface area contributed by atoms with Crippen LogP contribution in [0.2, 0.25) is 0 Å². The average Bonchev–Trinajstić information content (AvgIpc) is 2.80. The van der Waals surface area contributed by atoms with E-state index in [0.717, 1.165) is 4.90 Å². The summed E-state index contributed by atoms with van der Waals surface area (Å²) in [6.07, 6.45) is 0.298. The van der Waals surface area contributed by atoms with Crippen molar-refractivity contribution in [1.82, 2.24) is 15.1 Å². The molecule has 1 aliphatic rings. The molecule has 2 rings (SSSR count). The zero-order valence-corrected chi connectivity index (χ0v) is 15.9. The Kier molecular flexibility index (Phi) is 5.68. The number of carbonyl (C=O) groups is 3. The SMILES string of the molecule is CC[C@@]1(c2ccc(F)cc2)NC(=O)N(CC(=O)N(C(C)C)C(C)C)C1=O. The van der Waals surface area contributed by atoms with E-state index in [4.69, 9.17) is 0 Å². The van der Waals surface area contributed by atoms with E-state index in [1.165, 1.54) is 24.3 Å². The van der Waals surface area contributed by atoms with Crippen LogP contribution in [0, 0.1) is 5.82 Å². The summed E-state index contributed by atoms with van der Waals surface area (Å²) in [5.74, 6) is -1.20. The van der Waals surface area contributed by atoms with Crippen LogP contribution in [0.25, 0.3) is 0 Å². The Morgan fingerprint density at radius 2 is 1.69 bits per heavy atom. The average molecular weight is 363 g/mol. The highest BCUT2D eigenvalue weighted by Crippen LogP contribution is 2.32. The van der Waals surface area contributed by atoms with Gasteiger partial charge in [-0.2, -0.15) is 0 Å². The van der Waals surface area contributed by atoms with Crippen molar-refractivity contribution in [1.29, 1.82) is 0 Å². The van der Waals surface area contributed by atoms with E-state index in [0.29, 0.717) is 12.0 Å². The first-order valence-corrected chi connectivity index (χ1v) is 8.85. The molecule has 0 radical (unpaired) electrons. The fourth-order valence-corrected chi connectivity index (χ4v) is 3.53. The summed E-state index contributed by atoms with van der Waals surface area (Å²) in [7, 11) is 0. The van der Waals surface area contributed by atoms with Crippen LogP contribution in [-0.2, 0) is 15.1 Å². The number of hydrogen-bond donors (Lipinski definition) is 1. The highest BCUT2D eigenvalue weighted by atomic mass is 19.1. The zero-order chi connectivity index (χ0) is 19.6. The predicted octanol–water partition coefficient (Wildman–Crippen LogP) is 2.63. The van der Waals surface area contributed by atoms with Gasteiger partial charge in [0.2, 0.25) is 5.91 Å². The summed E-state index contributed by atoms with van der Waals surface area (Å²) in [4.78, 5) is 40.7. The van der Waals surface area contributed by atoms with Crippen molar-refractivity contribution in [2.45, 2.75) is 58.7 Å². The van der Waals surface area contributed by atoms with Crippen LogP contribution in [-0.4, -0.2) is 46.3 Å². The number of halogens is 1. The third-order valence-electron chi connectivity index (χ3n) is 4.74. The molecule has 0 unspecified atom stereocenters. The summed E-state index contributed by atoms with van der Waals surface area (Å²) in [6, 6.07) is 4.77. The van der Waals surface area contributed by atoms with E-state index in [9.17, 15) is 18.8 Å². The van der Waals surface area contributed by atoms with Crippen LogP contribution >= 0.6 is 0 Å². The van der Waals surface area contributed by atoms with Gasteiger partial charge in [0.05, 0.1) is 0 Å². The lowest BCUT2D eigenvalue weighted by molar-refractivity contribution is -0.141. The molecule has 0 saturated carbocycles. The molecule has 142 valence electrons. The lowest BCUT2D eigenvalue weighted by Crippen LogP contribution is -2.49. The Morgan fingerprint density at radius 3 is 2.15 bits per heavy atom. The quantitative estimate of drug-likeness (QED) is 0.790. The monoisotopic (exact) mass is 363 g/mol. The van der Waals surface area contributed by atoms with Crippen LogP contribution in [0.1, 0.15) is 46.6 Å². The highest BCUT2D eigenvalue weighted by molar-refractivity contribution is 6.09. The summed E-state index contributed by atoms with van der Waals surface area (Å²) >= 11 is 0. The molecule has 1 atom stereocenters. The molecule has 1 heterocycles. The number of imide groups is 1. The number of rotatable bonds is 6. The summed E-state index contributed by atoms with van der Waals surface area (Å²) in [5.41, 5.74) is -0.773. The Hall–Kier alpha value is -2.44. The molecule has 1 N–H and O–H groups in total. The van der Waals surface area contributed by atoms with Crippen molar-refractivity contribution in [2.75, 3.05) is 6.54 Å². The lowest BCUT2D eigenvalue weighted by atomic mass is 9.87. The maximum absolute atomic E-state index is 13.2. The van der Waals surface area contributed by atoms with Gasteiger partial charge in [0.15, 0.2) is 0 Å². The van der Waals surface area contributed by atoms with E-state index in [2.05, 4.69) is 5.32 Å². The van der Waals surface area contributed by atoms with Crippen molar-refractivity contribution in [3.8, 4) is 0 Å². The molecule has 1 aromatic rings. The van der Waals surface area contributed by atoms with E-state index in [1.54, 1.807) is 11.8 Å². The lowest BCUT2D eigenvalue weighted by Gasteiger charge is -2.32. The van der Waals surface area contributed by atoms with Crippen molar-refractivity contribution in [3.63, 3.8) is 0 Å². The molecular formula is C19H26FN3O3. The van der Waals surface area contributed by atoms with E-state index < -0.39 is 23.3 Å². The van der Waals surface area contributed by atoms with Crippen molar-refractivity contribution in [3.05, 3.63) is 35.6 Å². The molecule has 0 bridgehead atoms. The first-order valence-electron chi connectivity index (χ1n) is 8.85. The number of nitrogens with zero attached hydrogens (tertiary/aromatic N) is 2. The molecule has 7 heteroatoms. The molecule has 1 fully saturated rings. The van der Waals surface area contributed by atoms with Crippen molar-refractivity contribution >= 4 is 17.8 Å². The Balaban J connectivity index is 2.30. The topological polar surface area (TPSA) is 69.7 Å². The highest BCUT2D eigenvalue weighted by Gasteiger charge is 2.51. The number of amides is 4. The van der Waals surface area contributed by atoms with Gasteiger partial charge in [-0.15, -0.1) is 0 Å². The predicted molar refractivity (Wildman–Crippen MR) is 95.7 cm³/mol. The van der Waals surface area contributed by atoms with E-state index in [1.807, 2.05) is 27.7 Å². The van der Waals surface area contributed by atoms with Gasteiger partial charge in [0.25, 0.3) is 5.91 Å². The van der Waals surface area contributed by atoms with Crippen LogP contribution in [0.15, 0.2) is 24.3 Å². The molecule has 0 aromatic heterocycles. The van der Waals surface area contributed by atoms with Gasteiger partial charge in [-0.1, -0.05) is 19.1 Å². The van der Waals surface area contributed by atoms with Gasteiger partial charge in [-0.3, -0.25) is 14.5 Å². The fourth-order valence-electron chi connectivity index (χ4n) is 3.53. The summed E-state index contributed by atoms with van der Waals surface area (Å²) < 4.78 is 13.2. The molecule has 1 saturated heterocycles. The molecule has 0 spiro atoms. The molecule has 1 aliphatic heterocycles. The van der Waals surface area contributed by atoms with E-state index >= 15 is 0 Å². The maximum Gasteiger partial charge on any atom is 0.325 e. The smallest absolute Gasteiger partial charge is 0.325 e. The second-order valence-corrected chi connectivity index (χ2v) is 7.08. The molecule has 26 heavy (non-hydrogen) atoms. The van der Waals surface area contributed by atoms with Gasteiger partial charge in [-0.05, 0) is 51.8 Å². The minimum Gasteiger partial charge on any atom is -0.336 e. The molecule has 4 amide bonds. The van der Waals surface area contributed by atoms with Gasteiger partial charge in [0, 0.05) is 12.1 Å². The Morgan fingerprint density at radius 1 is 1.15 bits per heavy atom. The first-order chi connectivity index (χ1) is 12.1. The van der Waals surface area contributed by atoms with Gasteiger partial charge in [-0.25, -0.2) is 9.18 Å². The summed E-state index contributed by atoms with van der Waals surface area (Å²) in [5, 5.41) is 2.70. The number of urea groups is 1. The van der Waals surface area contributed by atoms with Crippen molar-refractivity contribution < 1.29 is 18.8 Å². The molecular weight excluding hydrogens is 337 g/mol. The summed E-state index contributed by atoms with van der Waals surface area (Å²) in [6.45, 7) is 9.00. The normalized spacial score (nSPS) is 20.1.